The van der Waals surface area contributed by atoms with Crippen LogP contribution < -0.4 is 16.2 Å². The number of carboxylic acids is 1. The molecule has 3 aromatic rings. The quantitative estimate of drug-likeness (QED) is 0.355. The largest absolute Gasteiger partial charge is 0.492 e. The molecule has 1 unspecified atom stereocenters. The first kappa shape index (κ1) is 19.4. The van der Waals surface area contributed by atoms with E-state index in [0.717, 1.165) is 16.3 Å². The van der Waals surface area contributed by atoms with Gasteiger partial charge in [-0.15, -0.1) is 0 Å². The fourth-order valence-corrected chi connectivity index (χ4v) is 3.15. The highest BCUT2D eigenvalue weighted by molar-refractivity contribution is 5.99. The van der Waals surface area contributed by atoms with Crippen molar-refractivity contribution in [3.63, 3.8) is 0 Å². The minimum atomic E-state index is -0.881. The molecule has 6 nitrogen and oxygen atoms in total. The smallest absolute Gasteiger partial charge is 0.311 e. The number of nitrogens with one attached hydrogen (secondary N) is 1. The fraction of sp³-hybridized carbons (Fsp3) is 0.182. The van der Waals surface area contributed by atoms with Gasteiger partial charge < -0.3 is 21.3 Å². The number of hydrogen-bond donors (Lipinski definition) is 4. The van der Waals surface area contributed by atoms with E-state index >= 15 is 0 Å². The Morgan fingerprint density at radius 1 is 1.04 bits per heavy atom. The maximum absolute atomic E-state index is 11.9. The third kappa shape index (κ3) is 4.47. The maximum atomic E-state index is 11.9. The lowest BCUT2D eigenvalue weighted by Gasteiger charge is -2.14. The van der Waals surface area contributed by atoms with Crippen molar-refractivity contribution in [1.29, 1.82) is 5.41 Å². The van der Waals surface area contributed by atoms with Gasteiger partial charge in [0, 0.05) is 12.1 Å². The normalized spacial score (nSPS) is 11.9. The summed E-state index contributed by atoms with van der Waals surface area (Å²) >= 11 is 0. The molecule has 3 rings (SSSR count). The molecule has 0 saturated heterocycles. The van der Waals surface area contributed by atoms with Crippen LogP contribution in [-0.4, -0.2) is 30.1 Å². The molecule has 0 radical (unpaired) electrons. The number of nitrogens with two attached hydrogens (primary N) is 2. The zero-order chi connectivity index (χ0) is 20.1. The molecule has 0 fully saturated rings. The van der Waals surface area contributed by atoms with Crippen molar-refractivity contribution < 1.29 is 14.6 Å². The molecule has 28 heavy (non-hydrogen) atoms. The molecule has 144 valence electrons. The molecule has 0 aliphatic rings. The molecule has 0 aliphatic heterocycles. The van der Waals surface area contributed by atoms with Crippen LogP contribution in [0, 0.1) is 5.41 Å². The second-order valence-electron chi connectivity index (χ2n) is 6.61. The van der Waals surface area contributed by atoms with Gasteiger partial charge >= 0.3 is 5.97 Å². The zero-order valence-corrected chi connectivity index (χ0v) is 15.4. The first-order valence-corrected chi connectivity index (χ1v) is 9.00. The van der Waals surface area contributed by atoms with Crippen molar-refractivity contribution in [2.75, 3.05) is 13.2 Å². The molecule has 1 atom stereocenters. The van der Waals surface area contributed by atoms with E-state index in [1.54, 1.807) is 30.3 Å². The number of rotatable bonds is 8. The summed E-state index contributed by atoms with van der Waals surface area (Å²) in [5, 5.41) is 19.3. The Morgan fingerprint density at radius 2 is 1.75 bits per heavy atom. The van der Waals surface area contributed by atoms with E-state index in [4.69, 9.17) is 21.6 Å². The lowest BCUT2D eigenvalue weighted by Crippen LogP contribution is -2.15. The summed E-state index contributed by atoms with van der Waals surface area (Å²) in [6.45, 7) is 0.841. The van der Waals surface area contributed by atoms with Crippen LogP contribution in [0.25, 0.3) is 10.8 Å². The molecule has 0 aliphatic carbocycles. The summed E-state index contributed by atoms with van der Waals surface area (Å²) in [7, 11) is 0. The molecule has 0 bridgehead atoms. The van der Waals surface area contributed by atoms with E-state index in [-0.39, 0.29) is 5.84 Å². The van der Waals surface area contributed by atoms with Gasteiger partial charge in [-0.1, -0.05) is 42.5 Å². The molecule has 0 saturated carbocycles. The van der Waals surface area contributed by atoms with Crippen LogP contribution in [0.3, 0.4) is 0 Å². The van der Waals surface area contributed by atoms with Crippen LogP contribution in [0.5, 0.6) is 5.75 Å². The SMILES string of the molecule is N=C(N)c1ccc2ccc(CC(C(=O)O)c3ccc(OCCN)cc3)cc2c1. The fourth-order valence-electron chi connectivity index (χ4n) is 3.15. The van der Waals surface area contributed by atoms with E-state index < -0.39 is 11.9 Å². The average Bonchev–Trinajstić information content (AvgIpc) is 2.70. The van der Waals surface area contributed by atoms with Crippen molar-refractivity contribution >= 4 is 22.6 Å². The molecule has 0 amide bonds. The van der Waals surface area contributed by atoms with E-state index in [0.29, 0.717) is 36.4 Å². The first-order valence-electron chi connectivity index (χ1n) is 9.00. The van der Waals surface area contributed by atoms with Crippen LogP contribution in [0.4, 0.5) is 0 Å². The number of nitrogen functional groups attached to an aromatic ring is 1. The van der Waals surface area contributed by atoms with E-state index in [2.05, 4.69) is 0 Å². The van der Waals surface area contributed by atoms with E-state index in [1.165, 1.54) is 0 Å². The number of fused-ring (bicyclic) bond motifs is 1. The van der Waals surface area contributed by atoms with Crippen molar-refractivity contribution in [1.82, 2.24) is 0 Å². The predicted octanol–water partition coefficient (Wildman–Crippen LogP) is 2.87. The number of benzene rings is 3. The highest BCUT2D eigenvalue weighted by Gasteiger charge is 2.20. The third-order valence-corrected chi connectivity index (χ3v) is 4.62. The van der Waals surface area contributed by atoms with Gasteiger partial charge in [0.15, 0.2) is 0 Å². The van der Waals surface area contributed by atoms with Crippen molar-refractivity contribution in [3.05, 3.63) is 77.4 Å². The number of carboxylic acid groups (broad SMARTS) is 1. The molecule has 6 heteroatoms. The summed E-state index contributed by atoms with van der Waals surface area (Å²) < 4.78 is 5.45. The molecular formula is C22H23N3O3. The Kier molecular flexibility index (Phi) is 5.91. The topological polar surface area (TPSA) is 122 Å². The van der Waals surface area contributed by atoms with E-state index in [1.807, 2.05) is 30.3 Å². The van der Waals surface area contributed by atoms with Gasteiger partial charge in [-0.05, 0) is 46.5 Å². The number of aliphatic carboxylic acids is 1. The van der Waals surface area contributed by atoms with Crippen LogP contribution >= 0.6 is 0 Å². The molecule has 3 aromatic carbocycles. The van der Waals surface area contributed by atoms with Crippen LogP contribution in [-0.2, 0) is 11.2 Å². The van der Waals surface area contributed by atoms with Crippen LogP contribution in [0.1, 0.15) is 22.6 Å². The molecule has 0 heterocycles. The average molecular weight is 377 g/mol. The highest BCUT2D eigenvalue weighted by atomic mass is 16.5. The Balaban J connectivity index is 1.85. The van der Waals surface area contributed by atoms with E-state index in [9.17, 15) is 9.90 Å². The lowest BCUT2D eigenvalue weighted by molar-refractivity contribution is -0.138. The molecule has 0 spiro atoms. The third-order valence-electron chi connectivity index (χ3n) is 4.62. The van der Waals surface area contributed by atoms with Crippen LogP contribution in [0.15, 0.2) is 60.7 Å². The Morgan fingerprint density at radius 3 is 2.39 bits per heavy atom. The zero-order valence-electron chi connectivity index (χ0n) is 15.4. The highest BCUT2D eigenvalue weighted by Crippen LogP contribution is 2.26. The van der Waals surface area contributed by atoms with Crippen molar-refractivity contribution in [3.8, 4) is 5.75 Å². The van der Waals surface area contributed by atoms with Gasteiger partial charge in [-0.3, -0.25) is 10.2 Å². The van der Waals surface area contributed by atoms with Gasteiger partial charge in [0.05, 0.1) is 5.92 Å². The number of hydrogen-bond acceptors (Lipinski definition) is 4. The van der Waals surface area contributed by atoms with Gasteiger partial charge in [0.25, 0.3) is 0 Å². The second kappa shape index (κ2) is 8.54. The minimum absolute atomic E-state index is 0.00709. The van der Waals surface area contributed by atoms with Gasteiger partial charge in [-0.2, -0.15) is 0 Å². The first-order chi connectivity index (χ1) is 13.5. The standard InChI is InChI=1S/C22H23N3O3/c23-9-10-28-19-7-5-16(6-8-19)20(22(26)27)12-14-1-2-15-3-4-17(21(24)25)13-18(15)11-14/h1-8,11,13,20H,9-10,12,23H2,(H3,24,25)(H,26,27). The summed E-state index contributed by atoms with van der Waals surface area (Å²) in [4.78, 5) is 11.9. The summed E-state index contributed by atoms with van der Waals surface area (Å²) in [6.07, 6.45) is 0.360. The molecule has 6 N–H and O–H groups in total. The molecular weight excluding hydrogens is 354 g/mol. The van der Waals surface area contributed by atoms with Crippen molar-refractivity contribution in [2.24, 2.45) is 11.5 Å². The van der Waals surface area contributed by atoms with Gasteiger partial charge in [-0.25, -0.2) is 0 Å². The Hall–Kier alpha value is -3.38. The van der Waals surface area contributed by atoms with Gasteiger partial charge in [0.1, 0.15) is 18.2 Å². The van der Waals surface area contributed by atoms with Gasteiger partial charge in [0.2, 0.25) is 0 Å². The number of amidine groups is 1. The summed E-state index contributed by atoms with van der Waals surface area (Å²) in [5.74, 6) is -0.876. The monoisotopic (exact) mass is 377 g/mol. The maximum Gasteiger partial charge on any atom is 0.311 e. The summed E-state index contributed by atoms with van der Waals surface area (Å²) in [6, 6.07) is 18.5. The number of ether oxygens (including phenoxy) is 1. The predicted molar refractivity (Wildman–Crippen MR) is 110 cm³/mol. The number of carbonyl (C=O) groups is 1. The second-order valence-corrected chi connectivity index (χ2v) is 6.61. The Labute approximate surface area is 163 Å². The Bertz CT molecular complexity index is 1000. The lowest BCUT2D eigenvalue weighted by atomic mass is 9.91. The molecule has 0 aromatic heterocycles. The van der Waals surface area contributed by atoms with Crippen molar-refractivity contribution in [2.45, 2.75) is 12.3 Å². The summed E-state index contributed by atoms with van der Waals surface area (Å²) in [5.41, 5.74) is 13.3. The van der Waals surface area contributed by atoms with Crippen LogP contribution in [0.2, 0.25) is 0 Å². The minimum Gasteiger partial charge on any atom is -0.492 e.